The summed E-state index contributed by atoms with van der Waals surface area (Å²) in [6, 6.07) is 0. The molecule has 88 valence electrons. The molecule has 4 fully saturated rings. The highest BCUT2D eigenvalue weighted by Gasteiger charge is 2.84. The topological polar surface area (TPSA) is 37.3 Å². The van der Waals surface area contributed by atoms with Crippen molar-refractivity contribution in [2.75, 3.05) is 0 Å². The van der Waals surface area contributed by atoms with Crippen LogP contribution in [-0.2, 0) is 4.79 Å². The molecule has 2 unspecified atom stereocenters. The Balaban J connectivity index is 1.95. The summed E-state index contributed by atoms with van der Waals surface area (Å²) in [6.45, 7) is 4.56. The van der Waals surface area contributed by atoms with Crippen molar-refractivity contribution in [2.45, 2.75) is 51.6 Å². The molecule has 0 aliphatic heterocycles. The summed E-state index contributed by atoms with van der Waals surface area (Å²) in [7, 11) is 0. The zero-order valence-corrected chi connectivity index (χ0v) is 10.1. The van der Waals surface area contributed by atoms with E-state index in [9.17, 15) is 9.90 Å². The third kappa shape index (κ3) is 0.633. The molecular formula is C14H20O2. The Morgan fingerprint density at radius 1 is 1.31 bits per heavy atom. The Labute approximate surface area is 96.4 Å². The molecule has 2 nitrogen and oxygen atoms in total. The summed E-state index contributed by atoms with van der Waals surface area (Å²) in [4.78, 5) is 12.1. The number of hydrogen-bond acceptors (Lipinski definition) is 2. The number of aliphatic hydroxyl groups is 1. The zero-order chi connectivity index (χ0) is 11.3. The first-order valence-electron chi connectivity index (χ1n) is 6.70. The maximum atomic E-state index is 12.1. The van der Waals surface area contributed by atoms with E-state index in [1.165, 1.54) is 0 Å². The van der Waals surface area contributed by atoms with Gasteiger partial charge in [0.2, 0.25) is 0 Å². The molecule has 2 heteroatoms. The van der Waals surface area contributed by atoms with Gasteiger partial charge in [-0.05, 0) is 42.9 Å². The van der Waals surface area contributed by atoms with E-state index < -0.39 is 5.60 Å². The molecule has 0 aromatic rings. The van der Waals surface area contributed by atoms with Crippen LogP contribution >= 0.6 is 0 Å². The summed E-state index contributed by atoms with van der Waals surface area (Å²) in [5, 5.41) is 11.0. The van der Waals surface area contributed by atoms with Crippen LogP contribution in [0.3, 0.4) is 0 Å². The first-order valence-corrected chi connectivity index (χ1v) is 6.70. The summed E-state index contributed by atoms with van der Waals surface area (Å²) in [5.41, 5.74) is -0.231. The van der Waals surface area contributed by atoms with Crippen molar-refractivity contribution in [2.24, 2.45) is 28.6 Å². The smallest absolute Gasteiger partial charge is 0.137 e. The summed E-state index contributed by atoms with van der Waals surface area (Å²) < 4.78 is 0. The minimum Gasteiger partial charge on any atom is -0.389 e. The van der Waals surface area contributed by atoms with E-state index >= 15 is 0 Å². The van der Waals surface area contributed by atoms with Crippen LogP contribution in [0.25, 0.3) is 0 Å². The molecule has 0 bridgehead atoms. The molecule has 4 aliphatic carbocycles. The predicted octanol–water partition coefficient (Wildman–Crippen LogP) is 2.15. The minimum atomic E-state index is -0.499. The van der Waals surface area contributed by atoms with Crippen molar-refractivity contribution in [1.29, 1.82) is 0 Å². The Bertz CT molecular complexity index is 404. The molecule has 0 radical (unpaired) electrons. The fourth-order valence-corrected chi connectivity index (χ4v) is 6.49. The highest BCUT2D eigenvalue weighted by Crippen LogP contribution is 2.83. The predicted molar refractivity (Wildman–Crippen MR) is 59.7 cm³/mol. The van der Waals surface area contributed by atoms with E-state index in [1.54, 1.807) is 0 Å². The molecule has 6 atom stereocenters. The second kappa shape index (κ2) is 2.27. The molecule has 4 rings (SSSR count). The van der Waals surface area contributed by atoms with Gasteiger partial charge in [0.1, 0.15) is 5.78 Å². The van der Waals surface area contributed by atoms with Gasteiger partial charge in [-0.2, -0.15) is 0 Å². The monoisotopic (exact) mass is 220 g/mol. The number of carbonyl (C=O) groups excluding carboxylic acids is 1. The molecule has 0 saturated heterocycles. The van der Waals surface area contributed by atoms with Gasteiger partial charge in [0.05, 0.1) is 5.60 Å². The molecule has 0 amide bonds. The summed E-state index contributed by atoms with van der Waals surface area (Å²) >= 11 is 0. The average molecular weight is 220 g/mol. The number of ketones is 1. The second-order valence-electron chi connectivity index (χ2n) is 7.18. The zero-order valence-electron chi connectivity index (χ0n) is 10.1. The third-order valence-corrected chi connectivity index (χ3v) is 6.80. The van der Waals surface area contributed by atoms with Crippen molar-refractivity contribution in [3.05, 3.63) is 0 Å². The lowest BCUT2D eigenvalue weighted by Crippen LogP contribution is -2.62. The van der Waals surface area contributed by atoms with Gasteiger partial charge in [0.15, 0.2) is 0 Å². The minimum absolute atomic E-state index is 0.00347. The first kappa shape index (κ1) is 9.64. The maximum Gasteiger partial charge on any atom is 0.137 e. The number of carbonyl (C=O) groups is 1. The van der Waals surface area contributed by atoms with Crippen molar-refractivity contribution < 1.29 is 9.90 Å². The van der Waals surface area contributed by atoms with Gasteiger partial charge >= 0.3 is 0 Å². The lowest BCUT2D eigenvalue weighted by atomic mass is 9.43. The highest BCUT2D eigenvalue weighted by atomic mass is 16.3. The molecule has 0 aromatic heterocycles. The molecule has 1 N–H and O–H groups in total. The van der Waals surface area contributed by atoms with Crippen LogP contribution in [-0.4, -0.2) is 16.5 Å². The molecule has 1 spiro atoms. The molecule has 0 heterocycles. The fraction of sp³-hybridized carbons (Fsp3) is 0.929. The van der Waals surface area contributed by atoms with Crippen LogP contribution in [0.5, 0.6) is 0 Å². The van der Waals surface area contributed by atoms with E-state index in [4.69, 9.17) is 0 Å². The van der Waals surface area contributed by atoms with Gasteiger partial charge in [-0.3, -0.25) is 4.79 Å². The van der Waals surface area contributed by atoms with Crippen molar-refractivity contribution >= 4 is 5.78 Å². The molecule has 4 saturated carbocycles. The molecule has 16 heavy (non-hydrogen) atoms. The summed E-state index contributed by atoms with van der Waals surface area (Å²) in [6.07, 6.45) is 4.82. The van der Waals surface area contributed by atoms with Crippen LogP contribution in [0, 0.1) is 28.6 Å². The van der Waals surface area contributed by atoms with E-state index in [2.05, 4.69) is 13.8 Å². The van der Waals surface area contributed by atoms with Gasteiger partial charge in [0, 0.05) is 17.8 Å². The van der Waals surface area contributed by atoms with E-state index in [0.717, 1.165) is 32.1 Å². The van der Waals surface area contributed by atoms with Crippen LogP contribution in [0.2, 0.25) is 0 Å². The van der Waals surface area contributed by atoms with Gasteiger partial charge < -0.3 is 5.11 Å². The SMILES string of the molecule is C[C@@H]1C[C@@]2(O)CC[C@]3(C)C[C@H]4C(=O)CC1C432. The van der Waals surface area contributed by atoms with Gasteiger partial charge in [-0.25, -0.2) is 0 Å². The van der Waals surface area contributed by atoms with Crippen molar-refractivity contribution in [1.82, 2.24) is 0 Å². The van der Waals surface area contributed by atoms with Crippen LogP contribution in [0.1, 0.15) is 46.0 Å². The molecule has 4 aliphatic rings. The lowest BCUT2D eigenvalue weighted by molar-refractivity contribution is -0.194. The van der Waals surface area contributed by atoms with Gasteiger partial charge in [-0.15, -0.1) is 0 Å². The largest absolute Gasteiger partial charge is 0.389 e. The van der Waals surface area contributed by atoms with Crippen LogP contribution in [0.15, 0.2) is 0 Å². The van der Waals surface area contributed by atoms with Crippen LogP contribution in [0.4, 0.5) is 0 Å². The quantitative estimate of drug-likeness (QED) is 0.679. The maximum absolute atomic E-state index is 12.1. The summed E-state index contributed by atoms with van der Waals surface area (Å²) in [5.74, 6) is 1.68. The second-order valence-corrected chi connectivity index (χ2v) is 7.18. The Kier molecular flexibility index (Phi) is 1.37. The third-order valence-electron chi connectivity index (χ3n) is 6.80. The Hall–Kier alpha value is -0.370. The average Bonchev–Trinajstić information content (AvgIpc) is 2.63. The fourth-order valence-electron chi connectivity index (χ4n) is 6.49. The normalized spacial score (nSPS) is 66.7. The first-order chi connectivity index (χ1) is 7.45. The van der Waals surface area contributed by atoms with Gasteiger partial charge in [-0.1, -0.05) is 13.8 Å². The van der Waals surface area contributed by atoms with E-state index in [-0.39, 0.29) is 16.7 Å². The van der Waals surface area contributed by atoms with Crippen molar-refractivity contribution in [3.63, 3.8) is 0 Å². The highest BCUT2D eigenvalue weighted by molar-refractivity contribution is 5.87. The van der Waals surface area contributed by atoms with E-state index in [0.29, 0.717) is 17.6 Å². The number of rotatable bonds is 0. The van der Waals surface area contributed by atoms with Crippen LogP contribution < -0.4 is 0 Å². The number of hydrogen-bond donors (Lipinski definition) is 1. The van der Waals surface area contributed by atoms with E-state index in [1.807, 2.05) is 0 Å². The molecule has 0 aromatic carbocycles. The molecular weight excluding hydrogens is 200 g/mol. The lowest BCUT2D eigenvalue weighted by Gasteiger charge is -2.61. The van der Waals surface area contributed by atoms with Gasteiger partial charge in [0.25, 0.3) is 0 Å². The van der Waals surface area contributed by atoms with Crippen molar-refractivity contribution in [3.8, 4) is 0 Å². The standard InChI is InChI=1S/C14H20O2/c1-8-6-13(16)4-3-12(2)7-10-11(15)5-9(8)14(10,12)13/h8-10,16H,3-7H2,1-2H3/t8-,9?,10+,12-,13+,14?/m1/s1. The Morgan fingerprint density at radius 2 is 2.06 bits per heavy atom. The Morgan fingerprint density at radius 3 is 2.81 bits per heavy atom. The number of Topliss-reactive ketones (excluding diaryl/α,β-unsaturated/α-hetero) is 1.